The van der Waals surface area contributed by atoms with Gasteiger partial charge in [-0.15, -0.1) is 0 Å². The normalized spacial score (nSPS) is 17.3. The summed E-state index contributed by atoms with van der Waals surface area (Å²) < 4.78 is 15.4. The Morgan fingerprint density at radius 3 is 2.37 bits per heavy atom. The van der Waals surface area contributed by atoms with Gasteiger partial charge in [0.1, 0.15) is 29.2 Å². The van der Waals surface area contributed by atoms with E-state index in [4.69, 9.17) is 9.47 Å². The predicted octanol–water partition coefficient (Wildman–Crippen LogP) is 2.90. The number of carboxylic acids is 1. The second-order valence-electron chi connectivity index (χ2n) is 10.9. The maximum absolute atomic E-state index is 13.8. The van der Waals surface area contributed by atoms with Crippen molar-refractivity contribution in [3.05, 3.63) is 86.2 Å². The molecule has 0 bridgehead atoms. The molecule has 41 heavy (non-hydrogen) atoms. The van der Waals surface area contributed by atoms with Crippen LogP contribution in [0.3, 0.4) is 0 Å². The number of rotatable bonds is 6. The fourth-order valence-corrected chi connectivity index (χ4v) is 5.28. The number of carbonyl (C=O) groups excluding carboxylic acids is 2. The number of carboxylic acid groups (broad SMARTS) is 1. The lowest BCUT2D eigenvalue weighted by Crippen LogP contribution is -2.46. The van der Waals surface area contributed by atoms with Crippen LogP contribution in [0.4, 0.5) is 4.79 Å². The minimum atomic E-state index is -1.18. The third-order valence-corrected chi connectivity index (χ3v) is 7.37. The molecule has 0 spiro atoms. The van der Waals surface area contributed by atoms with Crippen LogP contribution < -0.4 is 26.2 Å². The molecule has 1 aromatic heterocycles. The molecule has 12 nitrogen and oxygen atoms in total. The molecule has 3 aromatic rings. The average Bonchev–Trinajstić information content (AvgIpc) is 3.16. The van der Waals surface area contributed by atoms with E-state index in [1.807, 2.05) is 19.9 Å². The van der Waals surface area contributed by atoms with Crippen LogP contribution in [-0.2, 0) is 11.3 Å². The zero-order valence-electron chi connectivity index (χ0n) is 23.2. The second kappa shape index (κ2) is 9.95. The highest BCUT2D eigenvalue weighted by Crippen LogP contribution is 2.47. The number of allylic oxidation sites excluding steroid dienone is 1. The molecule has 1 amide bonds. The molecule has 1 unspecified atom stereocenters. The number of hydrogen-bond acceptors (Lipinski definition) is 7. The SMILES string of the molecule is CC(=O)c1ccc(-n2c(=O)n3n(c2=O)C2C(=CC3)C(C)(C)Oc3cc(OC(=O)N[C@H](C(=O)O)C(C)C)ccc32)cc1. The topological polar surface area (TPSA) is 151 Å². The molecule has 2 aliphatic heterocycles. The summed E-state index contributed by atoms with van der Waals surface area (Å²) in [5.41, 5.74) is 0.195. The number of aliphatic carboxylic acids is 1. The fourth-order valence-electron chi connectivity index (χ4n) is 5.28. The predicted molar refractivity (Wildman–Crippen MR) is 147 cm³/mol. The van der Waals surface area contributed by atoms with Crippen LogP contribution in [0.5, 0.6) is 11.5 Å². The molecule has 0 radical (unpaired) electrons. The molecule has 0 saturated carbocycles. The van der Waals surface area contributed by atoms with Crippen molar-refractivity contribution in [3.8, 4) is 17.2 Å². The highest BCUT2D eigenvalue weighted by Gasteiger charge is 2.44. The van der Waals surface area contributed by atoms with E-state index >= 15 is 0 Å². The Morgan fingerprint density at radius 1 is 1.07 bits per heavy atom. The Kier molecular flexibility index (Phi) is 6.72. The van der Waals surface area contributed by atoms with Crippen LogP contribution in [0.15, 0.2) is 63.7 Å². The van der Waals surface area contributed by atoms with Crippen molar-refractivity contribution < 1.29 is 29.0 Å². The lowest BCUT2D eigenvalue weighted by atomic mass is 9.83. The van der Waals surface area contributed by atoms with Gasteiger partial charge >= 0.3 is 23.4 Å². The first kappa shape index (κ1) is 27.7. The van der Waals surface area contributed by atoms with E-state index in [1.54, 1.807) is 44.2 Å². The molecule has 0 saturated heterocycles. The van der Waals surface area contributed by atoms with Gasteiger partial charge in [-0.25, -0.2) is 33.1 Å². The number of Topliss-reactive ketones (excluding diaryl/α,β-unsaturated/α-hetero) is 1. The minimum Gasteiger partial charge on any atom is -0.483 e. The lowest BCUT2D eigenvalue weighted by Gasteiger charge is -2.42. The zero-order chi connectivity index (χ0) is 29.8. The monoisotopic (exact) mass is 562 g/mol. The fraction of sp³-hybridized carbons (Fsp3) is 0.345. The first-order valence-electron chi connectivity index (χ1n) is 13.1. The molecule has 2 N–H and O–H groups in total. The molecule has 5 rings (SSSR count). The van der Waals surface area contributed by atoms with Gasteiger partial charge in [-0.05, 0) is 68.7 Å². The lowest BCUT2D eigenvalue weighted by molar-refractivity contribution is -0.140. The van der Waals surface area contributed by atoms with Gasteiger partial charge in [0.05, 0.1) is 12.2 Å². The van der Waals surface area contributed by atoms with Crippen molar-refractivity contribution in [3.63, 3.8) is 0 Å². The number of amides is 1. The summed E-state index contributed by atoms with van der Waals surface area (Å²) in [6, 6.07) is 9.11. The number of fused-ring (bicyclic) bond motifs is 5. The highest BCUT2D eigenvalue weighted by molar-refractivity contribution is 5.94. The van der Waals surface area contributed by atoms with Crippen LogP contribution in [0.25, 0.3) is 5.69 Å². The maximum Gasteiger partial charge on any atom is 0.413 e. The Hall–Kier alpha value is -4.87. The van der Waals surface area contributed by atoms with Gasteiger partial charge in [-0.2, -0.15) is 0 Å². The van der Waals surface area contributed by atoms with Crippen LogP contribution in [0.1, 0.15) is 56.6 Å². The molecular formula is C29H30N4O8. The van der Waals surface area contributed by atoms with Crippen molar-refractivity contribution in [2.45, 2.75) is 58.8 Å². The smallest absolute Gasteiger partial charge is 0.413 e. The number of benzene rings is 2. The van der Waals surface area contributed by atoms with Crippen molar-refractivity contribution in [2.75, 3.05) is 0 Å². The quantitative estimate of drug-likeness (QED) is 0.344. The van der Waals surface area contributed by atoms with E-state index < -0.39 is 41.1 Å². The van der Waals surface area contributed by atoms with Crippen LogP contribution in [0.2, 0.25) is 0 Å². The number of nitrogens with zero attached hydrogens (tertiary/aromatic N) is 3. The van der Waals surface area contributed by atoms with Crippen LogP contribution >= 0.6 is 0 Å². The summed E-state index contributed by atoms with van der Waals surface area (Å²) in [5, 5.41) is 11.7. The van der Waals surface area contributed by atoms with Gasteiger partial charge in [0.15, 0.2) is 5.78 Å². The number of aromatic nitrogens is 3. The van der Waals surface area contributed by atoms with Gasteiger partial charge < -0.3 is 19.9 Å². The molecule has 2 atom stereocenters. The molecule has 214 valence electrons. The molecule has 2 aliphatic rings. The minimum absolute atomic E-state index is 0.112. The molecular weight excluding hydrogens is 532 g/mol. The van der Waals surface area contributed by atoms with Crippen LogP contribution in [-0.4, -0.2) is 48.5 Å². The molecule has 0 aliphatic carbocycles. The van der Waals surface area contributed by atoms with Crippen LogP contribution in [0, 0.1) is 5.92 Å². The van der Waals surface area contributed by atoms with Crippen molar-refractivity contribution in [2.24, 2.45) is 5.92 Å². The first-order valence-corrected chi connectivity index (χ1v) is 13.1. The zero-order valence-corrected chi connectivity index (χ0v) is 23.2. The van der Waals surface area contributed by atoms with E-state index in [2.05, 4.69) is 5.32 Å². The first-order chi connectivity index (χ1) is 19.3. The number of nitrogens with one attached hydrogen (secondary N) is 1. The van der Waals surface area contributed by atoms with Gasteiger partial charge in [0, 0.05) is 17.2 Å². The van der Waals surface area contributed by atoms with Gasteiger partial charge in [0.2, 0.25) is 0 Å². The Morgan fingerprint density at radius 2 is 1.76 bits per heavy atom. The van der Waals surface area contributed by atoms with Crippen molar-refractivity contribution >= 4 is 17.8 Å². The molecule has 0 fully saturated rings. The van der Waals surface area contributed by atoms with E-state index in [-0.39, 0.29) is 24.0 Å². The summed E-state index contributed by atoms with van der Waals surface area (Å²) in [6.45, 7) is 8.60. The molecule has 12 heteroatoms. The van der Waals surface area contributed by atoms with E-state index in [0.717, 1.165) is 10.1 Å². The summed E-state index contributed by atoms with van der Waals surface area (Å²) in [6.07, 6.45) is 0.935. The number of hydrogen-bond donors (Lipinski definition) is 2. The van der Waals surface area contributed by atoms with Crippen molar-refractivity contribution in [1.29, 1.82) is 0 Å². The molecule has 2 aromatic carbocycles. The molecule has 3 heterocycles. The summed E-state index contributed by atoms with van der Waals surface area (Å²) in [4.78, 5) is 62.8. The Bertz CT molecular complexity index is 1720. The summed E-state index contributed by atoms with van der Waals surface area (Å²) in [5.74, 6) is -1.22. The van der Waals surface area contributed by atoms with Gasteiger partial charge in [0.25, 0.3) is 0 Å². The maximum atomic E-state index is 13.8. The van der Waals surface area contributed by atoms with Gasteiger partial charge in [-0.1, -0.05) is 19.9 Å². The van der Waals surface area contributed by atoms with E-state index in [0.29, 0.717) is 22.6 Å². The third-order valence-electron chi connectivity index (χ3n) is 7.37. The standard InChI is InChI=1S/C29H30N4O8/c1-15(2)23(25(35)36)30-26(37)40-19-10-11-20-22(14-19)41-29(4,5)21-12-13-31-27(38)32(28(39)33(31)24(20)21)18-8-6-17(7-9-18)16(3)34/h6-12,14-15,23-24H,13H2,1-5H3,(H,30,37)(H,35,36)/t23-,24?/m0/s1. The Balaban J connectivity index is 1.54. The van der Waals surface area contributed by atoms with E-state index in [9.17, 15) is 29.1 Å². The Labute approximate surface area is 234 Å². The number of ether oxygens (including phenoxy) is 2. The highest BCUT2D eigenvalue weighted by atomic mass is 16.6. The van der Waals surface area contributed by atoms with E-state index in [1.165, 1.54) is 28.4 Å². The third kappa shape index (κ3) is 4.75. The summed E-state index contributed by atoms with van der Waals surface area (Å²) >= 11 is 0. The second-order valence-corrected chi connectivity index (χ2v) is 10.9. The average molecular weight is 563 g/mol. The van der Waals surface area contributed by atoms with Gasteiger partial charge in [-0.3, -0.25) is 4.79 Å². The number of ketones is 1. The summed E-state index contributed by atoms with van der Waals surface area (Å²) in [7, 11) is 0. The largest absolute Gasteiger partial charge is 0.483 e. The van der Waals surface area contributed by atoms with Crippen molar-refractivity contribution in [1.82, 2.24) is 19.2 Å². The number of carbonyl (C=O) groups is 3.